The van der Waals surface area contributed by atoms with Gasteiger partial charge >= 0.3 is 0 Å². The molecular formula is C23H17FN4O2S. The molecule has 154 valence electrons. The van der Waals surface area contributed by atoms with Crippen molar-refractivity contribution in [3.63, 3.8) is 0 Å². The number of carbonyl (C=O) groups is 2. The van der Waals surface area contributed by atoms with E-state index in [-0.39, 0.29) is 29.1 Å². The largest absolute Gasteiger partial charge is 0.294 e. The third kappa shape index (κ3) is 3.98. The minimum absolute atomic E-state index is 0.00553. The van der Waals surface area contributed by atoms with E-state index in [1.54, 1.807) is 30.5 Å². The molecule has 1 atom stereocenters. The Morgan fingerprint density at radius 1 is 1.06 bits per heavy atom. The normalized spacial score (nSPS) is 15.8. The molecule has 2 heterocycles. The van der Waals surface area contributed by atoms with E-state index in [0.29, 0.717) is 40.6 Å². The smallest absolute Gasteiger partial charge is 0.253 e. The molecule has 0 saturated carbocycles. The number of rotatable bonds is 5. The molecule has 0 unspecified atom stereocenters. The Kier molecular flexibility index (Phi) is 5.07. The summed E-state index contributed by atoms with van der Waals surface area (Å²) in [6.45, 7) is 0. The van der Waals surface area contributed by atoms with Gasteiger partial charge in [0.2, 0.25) is 5.16 Å². The Bertz CT molecular complexity index is 1290. The van der Waals surface area contributed by atoms with Crippen LogP contribution in [0.5, 0.6) is 0 Å². The van der Waals surface area contributed by atoms with Crippen LogP contribution in [0.3, 0.4) is 0 Å². The standard InChI is InChI=1S/C23H17FN4O2S/c24-17-8-6-14(7-9-17)16-10-19-18(20(29)11-16)12-28-22(25-19)26-23(27-28)31-13-21(30)15-4-2-1-3-5-15/h1-9,12,16H,10-11,13H2/t16-/m1/s1. The van der Waals surface area contributed by atoms with E-state index in [9.17, 15) is 14.0 Å². The molecule has 0 radical (unpaired) electrons. The predicted molar refractivity (Wildman–Crippen MR) is 114 cm³/mol. The number of carbonyl (C=O) groups excluding carboxylic acids is 2. The molecule has 1 aliphatic carbocycles. The summed E-state index contributed by atoms with van der Waals surface area (Å²) in [5, 5.41) is 4.80. The van der Waals surface area contributed by atoms with Gasteiger partial charge in [0.1, 0.15) is 5.82 Å². The summed E-state index contributed by atoms with van der Waals surface area (Å²) in [5.41, 5.74) is 2.76. The molecule has 5 rings (SSSR count). The Morgan fingerprint density at radius 2 is 1.84 bits per heavy atom. The minimum Gasteiger partial charge on any atom is -0.294 e. The lowest BCUT2D eigenvalue weighted by Gasteiger charge is -2.23. The van der Waals surface area contributed by atoms with E-state index >= 15 is 0 Å². The number of thioether (sulfide) groups is 1. The number of hydrogen-bond donors (Lipinski definition) is 0. The van der Waals surface area contributed by atoms with Crippen LogP contribution in [0, 0.1) is 5.82 Å². The summed E-state index contributed by atoms with van der Waals surface area (Å²) in [6, 6.07) is 15.3. The number of aromatic nitrogens is 4. The molecule has 0 amide bonds. The fourth-order valence-corrected chi connectivity index (χ4v) is 4.45. The number of halogens is 1. The molecule has 1 aliphatic rings. The van der Waals surface area contributed by atoms with Crippen molar-refractivity contribution < 1.29 is 14.0 Å². The Balaban J connectivity index is 1.37. The van der Waals surface area contributed by atoms with Gasteiger partial charge in [0.05, 0.1) is 17.0 Å². The maximum absolute atomic E-state index is 13.2. The van der Waals surface area contributed by atoms with E-state index in [1.807, 2.05) is 18.2 Å². The third-order valence-corrected chi connectivity index (χ3v) is 6.17. The zero-order chi connectivity index (χ0) is 21.4. The molecule has 2 aromatic heterocycles. The lowest BCUT2D eigenvalue weighted by Crippen LogP contribution is -2.21. The highest BCUT2D eigenvalue weighted by Gasteiger charge is 2.28. The van der Waals surface area contributed by atoms with Crippen molar-refractivity contribution in [2.24, 2.45) is 0 Å². The van der Waals surface area contributed by atoms with Crippen LogP contribution >= 0.6 is 11.8 Å². The molecule has 0 spiro atoms. The van der Waals surface area contributed by atoms with Crippen LogP contribution in [-0.4, -0.2) is 36.9 Å². The van der Waals surface area contributed by atoms with E-state index < -0.39 is 0 Å². The molecule has 4 aromatic rings. The Labute approximate surface area is 181 Å². The van der Waals surface area contributed by atoms with Crippen molar-refractivity contribution in [1.82, 2.24) is 19.6 Å². The van der Waals surface area contributed by atoms with Crippen molar-refractivity contribution in [3.05, 3.63) is 89.0 Å². The quantitative estimate of drug-likeness (QED) is 0.348. The van der Waals surface area contributed by atoms with Crippen molar-refractivity contribution in [2.75, 3.05) is 5.75 Å². The SMILES string of the molecule is O=C(CSc1nc2nc3c(cn2n1)C(=O)C[C@H](c1ccc(F)cc1)C3)c1ccccc1. The fraction of sp³-hybridized carbons (Fsp3) is 0.174. The van der Waals surface area contributed by atoms with E-state index in [2.05, 4.69) is 15.1 Å². The molecule has 0 N–H and O–H groups in total. The topological polar surface area (TPSA) is 77.2 Å². The van der Waals surface area contributed by atoms with Crippen LogP contribution in [0.25, 0.3) is 5.78 Å². The maximum Gasteiger partial charge on any atom is 0.253 e. The molecule has 0 fully saturated rings. The highest BCUT2D eigenvalue weighted by atomic mass is 32.2. The summed E-state index contributed by atoms with van der Waals surface area (Å²) >= 11 is 1.24. The molecule has 6 nitrogen and oxygen atoms in total. The van der Waals surface area contributed by atoms with Gasteiger partial charge in [-0.05, 0) is 30.0 Å². The molecular weight excluding hydrogens is 415 g/mol. The zero-order valence-corrected chi connectivity index (χ0v) is 17.2. The molecule has 0 bridgehead atoms. The first-order valence-electron chi connectivity index (χ1n) is 9.83. The van der Waals surface area contributed by atoms with Gasteiger partial charge in [0, 0.05) is 18.2 Å². The highest BCUT2D eigenvalue weighted by molar-refractivity contribution is 7.99. The van der Waals surface area contributed by atoms with Gasteiger partial charge in [-0.1, -0.05) is 54.2 Å². The molecule has 31 heavy (non-hydrogen) atoms. The van der Waals surface area contributed by atoms with Gasteiger partial charge in [-0.3, -0.25) is 9.59 Å². The first-order chi connectivity index (χ1) is 15.1. The lowest BCUT2D eigenvalue weighted by molar-refractivity contribution is 0.0961. The van der Waals surface area contributed by atoms with Gasteiger partial charge in [0.15, 0.2) is 11.6 Å². The maximum atomic E-state index is 13.2. The lowest BCUT2D eigenvalue weighted by atomic mass is 9.82. The van der Waals surface area contributed by atoms with Crippen molar-refractivity contribution in [2.45, 2.75) is 23.9 Å². The number of fused-ring (bicyclic) bond motifs is 2. The Morgan fingerprint density at radius 3 is 2.61 bits per heavy atom. The summed E-state index contributed by atoms with van der Waals surface area (Å²) in [7, 11) is 0. The van der Waals surface area contributed by atoms with Crippen LogP contribution in [0.2, 0.25) is 0 Å². The summed E-state index contributed by atoms with van der Waals surface area (Å²) in [5.74, 6) is 0.233. The number of nitrogens with zero attached hydrogens (tertiary/aromatic N) is 4. The third-order valence-electron chi connectivity index (χ3n) is 5.33. The van der Waals surface area contributed by atoms with Crippen molar-refractivity contribution in [3.8, 4) is 0 Å². The first kappa shape index (κ1) is 19.6. The summed E-state index contributed by atoms with van der Waals surface area (Å²) in [6.07, 6.45) is 2.58. The van der Waals surface area contributed by atoms with Crippen molar-refractivity contribution in [1.29, 1.82) is 0 Å². The molecule has 8 heteroatoms. The molecule has 2 aromatic carbocycles. The van der Waals surface area contributed by atoms with Crippen molar-refractivity contribution >= 4 is 29.1 Å². The average molecular weight is 432 g/mol. The van der Waals surface area contributed by atoms with E-state index in [1.165, 1.54) is 28.4 Å². The van der Waals surface area contributed by atoms with Gasteiger partial charge in [-0.15, -0.1) is 5.10 Å². The second kappa shape index (κ2) is 8.03. The number of hydrogen-bond acceptors (Lipinski definition) is 6. The second-order valence-electron chi connectivity index (χ2n) is 7.40. The average Bonchev–Trinajstić information content (AvgIpc) is 3.19. The van der Waals surface area contributed by atoms with Gasteiger partial charge < -0.3 is 0 Å². The number of Topliss-reactive ketones (excluding diaryl/α,β-unsaturated/α-hetero) is 2. The van der Waals surface area contributed by atoms with Crippen LogP contribution in [0.4, 0.5) is 4.39 Å². The fourth-order valence-electron chi connectivity index (χ4n) is 3.73. The van der Waals surface area contributed by atoms with Crippen LogP contribution in [0.15, 0.2) is 66.0 Å². The summed E-state index contributed by atoms with van der Waals surface area (Å²) in [4.78, 5) is 34.0. The highest BCUT2D eigenvalue weighted by Crippen LogP contribution is 2.32. The summed E-state index contributed by atoms with van der Waals surface area (Å²) < 4.78 is 14.7. The van der Waals surface area contributed by atoms with Crippen LogP contribution < -0.4 is 0 Å². The van der Waals surface area contributed by atoms with E-state index in [0.717, 1.165) is 5.56 Å². The monoisotopic (exact) mass is 432 g/mol. The molecule has 0 aliphatic heterocycles. The van der Waals surface area contributed by atoms with Crippen LogP contribution in [0.1, 0.15) is 44.3 Å². The number of benzene rings is 2. The Hall–Kier alpha value is -3.39. The van der Waals surface area contributed by atoms with E-state index in [4.69, 9.17) is 0 Å². The van der Waals surface area contributed by atoms with Crippen LogP contribution in [-0.2, 0) is 6.42 Å². The van der Waals surface area contributed by atoms with Gasteiger partial charge in [-0.25, -0.2) is 13.9 Å². The molecule has 0 saturated heterocycles. The van der Waals surface area contributed by atoms with Gasteiger partial charge in [0.25, 0.3) is 5.78 Å². The minimum atomic E-state index is -0.301. The second-order valence-corrected chi connectivity index (χ2v) is 8.34. The zero-order valence-electron chi connectivity index (χ0n) is 16.4. The van der Waals surface area contributed by atoms with Gasteiger partial charge in [-0.2, -0.15) is 4.98 Å². The predicted octanol–water partition coefficient (Wildman–Crippen LogP) is 4.15. The number of ketones is 2. The first-order valence-corrected chi connectivity index (χ1v) is 10.8.